The van der Waals surface area contributed by atoms with Crippen molar-refractivity contribution in [2.24, 2.45) is 0 Å². The Hall–Kier alpha value is -0.720. The molecule has 1 N–H and O–H groups in total. The largest absolute Gasteiger partial charge is 0.505 e. The van der Waals surface area contributed by atoms with Gasteiger partial charge in [-0.1, -0.05) is 0 Å². The van der Waals surface area contributed by atoms with Crippen LogP contribution in [0.1, 0.15) is 5.56 Å². The SMILES string of the molecule is Cc1cc(Br)c2nc3cc(Br)c(Br)cc3nc2c1O. The van der Waals surface area contributed by atoms with Crippen LogP contribution in [0.25, 0.3) is 22.1 Å². The summed E-state index contributed by atoms with van der Waals surface area (Å²) in [5.41, 5.74) is 3.43. The zero-order valence-corrected chi connectivity index (χ0v) is 14.5. The maximum absolute atomic E-state index is 10.1. The van der Waals surface area contributed by atoms with E-state index < -0.39 is 0 Å². The van der Waals surface area contributed by atoms with Crippen molar-refractivity contribution in [2.75, 3.05) is 0 Å². The molecule has 0 saturated carbocycles. The second kappa shape index (κ2) is 4.68. The van der Waals surface area contributed by atoms with Crippen LogP contribution in [-0.4, -0.2) is 15.1 Å². The van der Waals surface area contributed by atoms with Gasteiger partial charge < -0.3 is 5.11 Å². The molecular formula is C13H7Br3N2O. The van der Waals surface area contributed by atoms with Crippen LogP contribution in [0.3, 0.4) is 0 Å². The summed E-state index contributed by atoms with van der Waals surface area (Å²) in [6.07, 6.45) is 0. The molecule has 19 heavy (non-hydrogen) atoms. The summed E-state index contributed by atoms with van der Waals surface area (Å²) in [6, 6.07) is 5.61. The third kappa shape index (κ3) is 2.15. The number of halogens is 3. The normalized spacial score (nSPS) is 11.4. The van der Waals surface area contributed by atoms with Gasteiger partial charge in [0.15, 0.2) is 0 Å². The lowest BCUT2D eigenvalue weighted by Crippen LogP contribution is -1.91. The van der Waals surface area contributed by atoms with Gasteiger partial charge in [0.25, 0.3) is 0 Å². The van der Waals surface area contributed by atoms with Crippen molar-refractivity contribution in [2.45, 2.75) is 6.92 Å². The van der Waals surface area contributed by atoms with E-state index in [9.17, 15) is 5.11 Å². The first kappa shape index (κ1) is 13.3. The molecule has 0 aliphatic heterocycles. The van der Waals surface area contributed by atoms with Crippen molar-refractivity contribution < 1.29 is 5.11 Å². The molecule has 0 radical (unpaired) electrons. The number of nitrogens with zero attached hydrogens (tertiary/aromatic N) is 2. The molecule has 1 heterocycles. The molecule has 96 valence electrons. The molecule has 0 amide bonds. The number of aromatic nitrogens is 2. The Morgan fingerprint density at radius 1 is 0.842 bits per heavy atom. The van der Waals surface area contributed by atoms with Crippen LogP contribution in [0, 0.1) is 6.92 Å². The number of phenolic OH excluding ortho intramolecular Hbond substituents is 1. The lowest BCUT2D eigenvalue weighted by atomic mass is 10.1. The van der Waals surface area contributed by atoms with Gasteiger partial charge in [-0.15, -0.1) is 0 Å². The van der Waals surface area contributed by atoms with E-state index in [2.05, 4.69) is 57.8 Å². The molecule has 0 fully saturated rings. The lowest BCUT2D eigenvalue weighted by Gasteiger charge is -2.08. The summed E-state index contributed by atoms with van der Waals surface area (Å²) in [7, 11) is 0. The van der Waals surface area contributed by atoms with Crippen molar-refractivity contribution in [3.8, 4) is 5.75 Å². The predicted octanol–water partition coefficient (Wildman–Crippen LogP) is 5.08. The quantitative estimate of drug-likeness (QED) is 0.489. The van der Waals surface area contributed by atoms with Crippen molar-refractivity contribution in [1.82, 2.24) is 9.97 Å². The van der Waals surface area contributed by atoms with Crippen molar-refractivity contribution in [3.63, 3.8) is 0 Å². The fourth-order valence-corrected chi connectivity index (χ4v) is 3.18. The zero-order valence-electron chi connectivity index (χ0n) is 9.71. The Kier molecular flexibility index (Phi) is 3.27. The van der Waals surface area contributed by atoms with E-state index in [1.165, 1.54) is 0 Å². The molecule has 1 aromatic heterocycles. The Bertz CT molecular complexity index is 833. The maximum Gasteiger partial charge on any atom is 0.146 e. The van der Waals surface area contributed by atoms with Crippen molar-refractivity contribution >= 4 is 69.9 Å². The van der Waals surface area contributed by atoms with E-state index >= 15 is 0 Å². The van der Waals surface area contributed by atoms with Gasteiger partial charge in [-0.2, -0.15) is 0 Å². The molecule has 3 nitrogen and oxygen atoms in total. The predicted molar refractivity (Wildman–Crippen MR) is 86.5 cm³/mol. The number of rotatable bonds is 0. The number of benzene rings is 2. The van der Waals surface area contributed by atoms with Crippen molar-refractivity contribution in [1.29, 1.82) is 0 Å². The molecule has 6 heteroatoms. The van der Waals surface area contributed by atoms with Crippen LogP contribution < -0.4 is 0 Å². The Balaban J connectivity index is 2.52. The Morgan fingerprint density at radius 2 is 1.37 bits per heavy atom. The molecule has 3 aromatic rings. The minimum Gasteiger partial charge on any atom is -0.505 e. The van der Waals surface area contributed by atoms with E-state index in [0.29, 0.717) is 11.0 Å². The Morgan fingerprint density at radius 3 is 1.95 bits per heavy atom. The highest BCUT2D eigenvalue weighted by Crippen LogP contribution is 2.34. The second-order valence-corrected chi connectivity index (χ2v) is 6.76. The first-order valence-electron chi connectivity index (χ1n) is 5.42. The summed E-state index contributed by atoms with van der Waals surface area (Å²) >= 11 is 10.4. The molecule has 3 rings (SSSR count). The summed E-state index contributed by atoms with van der Waals surface area (Å²) in [6.45, 7) is 1.84. The third-order valence-corrected chi connectivity index (χ3v) is 5.32. The summed E-state index contributed by atoms with van der Waals surface area (Å²) < 4.78 is 2.65. The lowest BCUT2D eigenvalue weighted by molar-refractivity contribution is 0.476. The third-order valence-electron chi connectivity index (χ3n) is 2.87. The number of aromatic hydroxyl groups is 1. The smallest absolute Gasteiger partial charge is 0.146 e. The van der Waals surface area contributed by atoms with Crippen LogP contribution in [0.15, 0.2) is 31.6 Å². The molecule has 2 aromatic carbocycles. The van der Waals surface area contributed by atoms with Crippen LogP contribution in [0.4, 0.5) is 0 Å². The van der Waals surface area contributed by atoms with Crippen LogP contribution in [0.2, 0.25) is 0 Å². The maximum atomic E-state index is 10.1. The van der Waals surface area contributed by atoms with E-state index in [4.69, 9.17) is 0 Å². The molecule has 0 aliphatic carbocycles. The average Bonchev–Trinajstić information content (AvgIpc) is 2.36. The fraction of sp³-hybridized carbons (Fsp3) is 0.0769. The highest BCUT2D eigenvalue weighted by molar-refractivity contribution is 9.13. The summed E-state index contributed by atoms with van der Waals surface area (Å²) in [5, 5.41) is 10.1. The van der Waals surface area contributed by atoms with Crippen molar-refractivity contribution in [3.05, 3.63) is 37.2 Å². The van der Waals surface area contributed by atoms with Gasteiger partial charge >= 0.3 is 0 Å². The highest BCUT2D eigenvalue weighted by Gasteiger charge is 2.12. The average molecular weight is 447 g/mol. The monoisotopic (exact) mass is 444 g/mol. The molecule has 0 unspecified atom stereocenters. The minimum atomic E-state index is 0.173. The van der Waals surface area contributed by atoms with Crippen LogP contribution >= 0.6 is 47.8 Å². The molecule has 0 spiro atoms. The first-order chi connectivity index (χ1) is 8.97. The first-order valence-corrected chi connectivity index (χ1v) is 7.80. The van der Waals surface area contributed by atoms with E-state index in [1.807, 2.05) is 25.1 Å². The topological polar surface area (TPSA) is 46.0 Å². The number of fused-ring (bicyclic) bond motifs is 2. The van der Waals surface area contributed by atoms with Gasteiger partial charge in [-0.05, 0) is 78.5 Å². The number of hydrogen-bond acceptors (Lipinski definition) is 3. The molecular weight excluding hydrogens is 440 g/mol. The van der Waals surface area contributed by atoms with Gasteiger partial charge in [0.2, 0.25) is 0 Å². The van der Waals surface area contributed by atoms with Crippen LogP contribution in [-0.2, 0) is 0 Å². The number of aryl methyl sites for hydroxylation is 1. The molecule has 0 saturated heterocycles. The standard InChI is InChI=1S/C13H7Br3N2O/c1-5-2-8(16)11-12(13(5)19)18-10-4-7(15)6(14)3-9(10)17-11/h2-4,19H,1H3. The minimum absolute atomic E-state index is 0.173. The van der Waals surface area contributed by atoms with E-state index in [1.54, 1.807) is 0 Å². The van der Waals surface area contributed by atoms with Gasteiger partial charge in [0.05, 0.1) is 11.0 Å². The van der Waals surface area contributed by atoms with Gasteiger partial charge in [-0.3, -0.25) is 0 Å². The number of phenols is 1. The summed E-state index contributed by atoms with van der Waals surface area (Å²) in [5.74, 6) is 0.173. The van der Waals surface area contributed by atoms with Crippen LogP contribution in [0.5, 0.6) is 5.75 Å². The number of hydrogen-bond donors (Lipinski definition) is 1. The molecule has 0 bridgehead atoms. The highest BCUT2D eigenvalue weighted by atomic mass is 79.9. The van der Waals surface area contributed by atoms with E-state index in [0.717, 1.165) is 30.0 Å². The Labute approximate surface area is 134 Å². The van der Waals surface area contributed by atoms with Gasteiger partial charge in [-0.25, -0.2) is 9.97 Å². The zero-order chi connectivity index (χ0) is 13.7. The van der Waals surface area contributed by atoms with Gasteiger partial charge in [0.1, 0.15) is 16.8 Å². The second-order valence-electron chi connectivity index (χ2n) is 4.20. The summed E-state index contributed by atoms with van der Waals surface area (Å²) in [4.78, 5) is 9.07. The fourth-order valence-electron chi connectivity index (χ4n) is 1.90. The molecule has 0 atom stereocenters. The van der Waals surface area contributed by atoms with Gasteiger partial charge in [0, 0.05) is 13.4 Å². The van der Waals surface area contributed by atoms with E-state index in [-0.39, 0.29) is 5.75 Å². The molecule has 0 aliphatic rings.